The molecule has 0 amide bonds. The Labute approximate surface area is 217 Å². The first kappa shape index (κ1) is 23.6. The van der Waals surface area contributed by atoms with Gasteiger partial charge in [0.25, 0.3) is 0 Å². The monoisotopic (exact) mass is 504 g/mol. The Bertz CT molecular complexity index is 1310. The van der Waals surface area contributed by atoms with E-state index in [1.807, 2.05) is 48.7 Å². The molecule has 2 aromatic carbocycles. The Morgan fingerprint density at radius 2 is 1.86 bits per heavy atom. The maximum absolute atomic E-state index is 7.06. The number of hydrogen-bond donors (Lipinski definition) is 1. The third-order valence-electron chi connectivity index (χ3n) is 7.10. The number of nitrogens with one attached hydrogen (secondary N) is 1. The molecular formula is C28H29ClN4OS. The van der Waals surface area contributed by atoms with Gasteiger partial charge in [0.1, 0.15) is 5.75 Å². The second kappa shape index (κ2) is 8.85. The molecule has 2 aliphatic heterocycles. The van der Waals surface area contributed by atoms with Gasteiger partial charge in [-0.25, -0.2) is 0 Å². The lowest BCUT2D eigenvalue weighted by molar-refractivity contribution is 0.415. The van der Waals surface area contributed by atoms with E-state index in [1.54, 1.807) is 7.11 Å². The van der Waals surface area contributed by atoms with Crippen molar-refractivity contribution in [3.05, 3.63) is 88.7 Å². The topological polar surface area (TPSA) is 40.6 Å². The van der Waals surface area contributed by atoms with Crippen molar-refractivity contribution in [1.82, 2.24) is 10.3 Å². The zero-order chi connectivity index (χ0) is 24.9. The normalized spacial score (nSPS) is 20.9. The summed E-state index contributed by atoms with van der Waals surface area (Å²) in [4.78, 5) is 9.07. The van der Waals surface area contributed by atoms with Crippen LogP contribution in [0.15, 0.2) is 66.9 Å². The van der Waals surface area contributed by atoms with Crippen molar-refractivity contribution in [1.29, 1.82) is 0 Å². The minimum atomic E-state index is -0.184. The minimum Gasteiger partial charge on any atom is -0.497 e. The summed E-state index contributed by atoms with van der Waals surface area (Å²) in [5, 5.41) is 4.86. The van der Waals surface area contributed by atoms with E-state index in [4.69, 9.17) is 28.6 Å². The van der Waals surface area contributed by atoms with E-state index in [2.05, 4.69) is 66.1 Å². The smallest absolute Gasteiger partial charge is 0.174 e. The fraction of sp³-hybridized carbons (Fsp3) is 0.286. The van der Waals surface area contributed by atoms with Crippen LogP contribution in [0.4, 0.5) is 11.4 Å². The summed E-state index contributed by atoms with van der Waals surface area (Å²) in [5.41, 5.74) is 6.33. The van der Waals surface area contributed by atoms with E-state index in [9.17, 15) is 0 Å². The third kappa shape index (κ3) is 4.05. The highest BCUT2D eigenvalue weighted by Gasteiger charge is 2.42. The lowest BCUT2D eigenvalue weighted by Crippen LogP contribution is -2.42. The average Bonchev–Trinajstić information content (AvgIpc) is 3.19. The van der Waals surface area contributed by atoms with Crippen molar-refractivity contribution in [2.45, 2.75) is 38.4 Å². The van der Waals surface area contributed by atoms with E-state index in [1.165, 1.54) is 11.1 Å². The van der Waals surface area contributed by atoms with Gasteiger partial charge in [-0.3, -0.25) is 4.98 Å². The Morgan fingerprint density at radius 1 is 1.11 bits per heavy atom. The molecule has 35 heavy (non-hydrogen) atoms. The number of allylic oxidation sites excluding steroid dienone is 1. The molecule has 1 fully saturated rings. The van der Waals surface area contributed by atoms with Gasteiger partial charge in [0.15, 0.2) is 5.11 Å². The van der Waals surface area contributed by atoms with Gasteiger partial charge < -0.3 is 19.9 Å². The van der Waals surface area contributed by atoms with Crippen LogP contribution in [-0.2, 0) is 0 Å². The number of methoxy groups -OCH3 is 1. The van der Waals surface area contributed by atoms with E-state index in [-0.39, 0.29) is 17.6 Å². The first-order valence-corrected chi connectivity index (χ1v) is 12.4. The quantitative estimate of drug-likeness (QED) is 0.406. The highest BCUT2D eigenvalue weighted by molar-refractivity contribution is 7.80. The highest BCUT2D eigenvalue weighted by Crippen LogP contribution is 2.48. The minimum absolute atomic E-state index is 0.0932. The largest absolute Gasteiger partial charge is 0.497 e. The van der Waals surface area contributed by atoms with Crippen molar-refractivity contribution in [2.24, 2.45) is 0 Å². The van der Waals surface area contributed by atoms with Crippen LogP contribution in [0.1, 0.15) is 49.7 Å². The Morgan fingerprint density at radius 3 is 2.51 bits per heavy atom. The van der Waals surface area contributed by atoms with E-state index in [0.29, 0.717) is 10.1 Å². The highest BCUT2D eigenvalue weighted by atomic mass is 35.5. The van der Waals surface area contributed by atoms with Gasteiger partial charge in [0, 0.05) is 35.2 Å². The summed E-state index contributed by atoms with van der Waals surface area (Å²) in [6, 6.07) is 17.9. The molecule has 180 valence electrons. The molecule has 3 heterocycles. The van der Waals surface area contributed by atoms with E-state index < -0.39 is 0 Å². The second-order valence-corrected chi connectivity index (χ2v) is 10.4. The van der Waals surface area contributed by atoms with Crippen molar-refractivity contribution >= 4 is 45.9 Å². The van der Waals surface area contributed by atoms with Crippen LogP contribution in [0.5, 0.6) is 5.75 Å². The number of likely N-dealkylation sites (N-methyl/N-ethyl adjacent to an activating group) is 1. The van der Waals surface area contributed by atoms with Crippen LogP contribution in [0.2, 0.25) is 5.02 Å². The predicted molar refractivity (Wildman–Crippen MR) is 149 cm³/mol. The first-order chi connectivity index (χ1) is 16.7. The molecule has 0 aliphatic carbocycles. The Balaban J connectivity index is 1.68. The maximum Gasteiger partial charge on any atom is 0.174 e. The molecule has 5 nitrogen and oxygen atoms in total. The van der Waals surface area contributed by atoms with Crippen LogP contribution in [0, 0.1) is 0 Å². The number of nitrogens with zero attached hydrogens (tertiary/aromatic N) is 3. The zero-order valence-corrected chi connectivity index (χ0v) is 22.1. The molecule has 0 unspecified atom stereocenters. The summed E-state index contributed by atoms with van der Waals surface area (Å²) < 4.78 is 5.37. The van der Waals surface area contributed by atoms with Crippen molar-refractivity contribution in [3.63, 3.8) is 0 Å². The number of ether oxygens (including phenoxy) is 1. The molecule has 0 radical (unpaired) electrons. The van der Waals surface area contributed by atoms with Crippen LogP contribution in [0.25, 0.3) is 5.57 Å². The predicted octanol–water partition coefficient (Wildman–Crippen LogP) is 6.55. The molecule has 3 aromatic rings. The molecule has 1 N–H and O–H groups in total. The Kier molecular flexibility index (Phi) is 5.98. The molecule has 0 saturated carbocycles. The molecule has 5 rings (SSSR count). The number of anilines is 2. The number of pyridine rings is 1. The number of aromatic nitrogens is 1. The number of hydrogen-bond acceptors (Lipinski definition) is 4. The standard InChI is InChI=1S/C28H29ClN4OS/c1-17-16-28(2,3)32(4)24-15-22(29)21(14-20(17)24)26-25(23-8-6-7-13-30-23)31-27(35)33(26)18-9-11-19(34-5)12-10-18/h6-16,25-26H,1-5H3,(H,31,35)/t25-,26+/m1/s1. The van der Waals surface area contributed by atoms with Crippen molar-refractivity contribution < 1.29 is 4.74 Å². The fourth-order valence-corrected chi connectivity index (χ4v) is 5.72. The molecule has 1 saturated heterocycles. The summed E-state index contributed by atoms with van der Waals surface area (Å²) >= 11 is 12.9. The van der Waals surface area contributed by atoms with Gasteiger partial charge in [-0.15, -0.1) is 0 Å². The molecule has 7 heteroatoms. The van der Waals surface area contributed by atoms with Crippen LogP contribution in [-0.4, -0.2) is 29.8 Å². The van der Waals surface area contributed by atoms with Crippen LogP contribution < -0.4 is 19.9 Å². The maximum atomic E-state index is 7.06. The first-order valence-electron chi connectivity index (χ1n) is 11.6. The van der Waals surface area contributed by atoms with Gasteiger partial charge in [-0.2, -0.15) is 0 Å². The van der Waals surface area contributed by atoms with Gasteiger partial charge in [0.2, 0.25) is 0 Å². The average molecular weight is 505 g/mol. The molecule has 2 atom stereocenters. The Hall–Kier alpha value is -3.09. The molecule has 0 bridgehead atoms. The van der Waals surface area contributed by atoms with Crippen LogP contribution in [0.3, 0.4) is 0 Å². The van der Waals surface area contributed by atoms with Gasteiger partial charge in [0.05, 0.1) is 30.4 Å². The number of fused-ring (bicyclic) bond motifs is 1. The summed E-state index contributed by atoms with van der Waals surface area (Å²) in [5.74, 6) is 0.794. The molecule has 2 aliphatic rings. The number of rotatable bonds is 4. The van der Waals surface area contributed by atoms with Gasteiger partial charge in [-0.1, -0.05) is 23.7 Å². The SMILES string of the molecule is COc1ccc(N2C(=S)N[C@H](c3ccccn3)[C@@H]2c2cc3c(cc2Cl)N(C)C(C)(C)C=C3C)cc1. The zero-order valence-electron chi connectivity index (χ0n) is 20.5. The fourth-order valence-electron chi connectivity index (χ4n) is 5.11. The lowest BCUT2D eigenvalue weighted by Gasteiger charge is -2.41. The summed E-state index contributed by atoms with van der Waals surface area (Å²) in [7, 11) is 3.78. The third-order valence-corrected chi connectivity index (χ3v) is 7.74. The van der Waals surface area contributed by atoms with Gasteiger partial charge >= 0.3 is 0 Å². The molecular weight excluding hydrogens is 476 g/mol. The van der Waals surface area contributed by atoms with E-state index in [0.717, 1.165) is 28.4 Å². The molecule has 1 aromatic heterocycles. The summed E-state index contributed by atoms with van der Waals surface area (Å²) in [6.07, 6.45) is 4.12. The number of thiocarbonyl (C=S) groups is 1. The summed E-state index contributed by atoms with van der Waals surface area (Å²) in [6.45, 7) is 6.59. The second-order valence-electron chi connectivity index (χ2n) is 9.63. The van der Waals surface area contributed by atoms with Gasteiger partial charge in [-0.05, 0) is 92.7 Å². The van der Waals surface area contributed by atoms with Crippen LogP contribution >= 0.6 is 23.8 Å². The van der Waals surface area contributed by atoms with Crippen molar-refractivity contribution in [2.75, 3.05) is 24.0 Å². The number of halogens is 1. The van der Waals surface area contributed by atoms with Crippen molar-refractivity contribution in [3.8, 4) is 5.75 Å². The number of benzene rings is 2. The lowest BCUT2D eigenvalue weighted by atomic mass is 9.86. The molecule has 0 spiro atoms. The van der Waals surface area contributed by atoms with E-state index >= 15 is 0 Å².